The van der Waals surface area contributed by atoms with Gasteiger partial charge in [0.25, 0.3) is 11.6 Å². The summed E-state index contributed by atoms with van der Waals surface area (Å²) < 4.78 is 10.00. The van der Waals surface area contributed by atoms with Crippen molar-refractivity contribution in [2.75, 3.05) is 19.0 Å². The van der Waals surface area contributed by atoms with Crippen LogP contribution >= 0.6 is 0 Å². The van der Waals surface area contributed by atoms with Crippen molar-refractivity contribution in [3.63, 3.8) is 0 Å². The van der Waals surface area contributed by atoms with E-state index in [1.165, 1.54) is 32.2 Å². The zero-order chi connectivity index (χ0) is 23.2. The van der Waals surface area contributed by atoms with Crippen LogP contribution in [0.25, 0.3) is 0 Å². The van der Waals surface area contributed by atoms with E-state index < -0.39 is 29.4 Å². The molecule has 0 aromatic heterocycles. The second-order valence-corrected chi connectivity index (χ2v) is 8.40. The number of carbonyl (C=O) groups excluding carboxylic acids is 4. The third-order valence-electron chi connectivity index (χ3n) is 6.71. The zero-order valence-electron chi connectivity index (χ0n) is 17.6. The molecule has 2 bridgehead atoms. The third-order valence-corrected chi connectivity index (χ3v) is 6.71. The number of methoxy groups -OCH3 is 1. The van der Waals surface area contributed by atoms with Gasteiger partial charge in [0.1, 0.15) is 17.5 Å². The number of carbonyl (C=O) groups is 4. The molecule has 0 spiro atoms. The number of hydrogen-bond donors (Lipinski definition) is 1. The zero-order valence-corrected chi connectivity index (χ0v) is 17.6. The Kier molecular flexibility index (Phi) is 5.57. The van der Waals surface area contributed by atoms with Crippen LogP contribution in [0.4, 0.5) is 11.4 Å². The van der Waals surface area contributed by atoms with Gasteiger partial charge in [-0.2, -0.15) is 0 Å². The Bertz CT molecular complexity index is 981. The highest BCUT2D eigenvalue weighted by Crippen LogP contribution is 2.56. The number of hydrogen-bond acceptors (Lipinski definition) is 8. The lowest BCUT2D eigenvalue weighted by molar-refractivity contribution is -0.383. The summed E-state index contributed by atoms with van der Waals surface area (Å²) in [5.41, 5.74) is -0.468. The molecule has 5 atom stereocenters. The lowest BCUT2D eigenvalue weighted by Gasteiger charge is -2.23. The van der Waals surface area contributed by atoms with E-state index in [2.05, 4.69) is 5.32 Å². The van der Waals surface area contributed by atoms with Gasteiger partial charge in [-0.1, -0.05) is 0 Å². The monoisotopic (exact) mass is 445 g/mol. The summed E-state index contributed by atoms with van der Waals surface area (Å²) >= 11 is 0. The number of imide groups is 1. The molecule has 1 saturated heterocycles. The van der Waals surface area contributed by atoms with Crippen LogP contribution in [0.3, 0.4) is 0 Å². The summed E-state index contributed by atoms with van der Waals surface area (Å²) in [5, 5.41) is 13.5. The smallest absolute Gasteiger partial charge is 0.329 e. The van der Waals surface area contributed by atoms with E-state index in [9.17, 15) is 29.3 Å². The normalized spacial score (nSPS) is 26.6. The second kappa shape index (κ2) is 8.21. The number of nitro benzene ring substituents is 1. The van der Waals surface area contributed by atoms with Crippen molar-refractivity contribution in [3.8, 4) is 5.75 Å². The van der Waals surface area contributed by atoms with E-state index >= 15 is 0 Å². The number of ether oxygens (including phenoxy) is 2. The molecule has 170 valence electrons. The summed E-state index contributed by atoms with van der Waals surface area (Å²) in [6, 6.07) is 2.67. The topological polar surface area (TPSA) is 145 Å². The Hall–Kier alpha value is -3.50. The van der Waals surface area contributed by atoms with E-state index in [0.717, 1.165) is 24.2 Å². The number of nitrogens with one attached hydrogen (secondary N) is 1. The first-order valence-electron chi connectivity index (χ1n) is 10.4. The summed E-state index contributed by atoms with van der Waals surface area (Å²) in [6.45, 7) is 0.664. The Morgan fingerprint density at radius 3 is 2.41 bits per heavy atom. The van der Waals surface area contributed by atoms with E-state index in [-0.39, 0.29) is 46.9 Å². The van der Waals surface area contributed by atoms with Crippen LogP contribution in [0.15, 0.2) is 18.2 Å². The second-order valence-electron chi connectivity index (χ2n) is 8.40. The van der Waals surface area contributed by atoms with Crippen LogP contribution < -0.4 is 10.1 Å². The molecule has 3 fully saturated rings. The van der Waals surface area contributed by atoms with Crippen LogP contribution in [0, 0.1) is 33.8 Å². The molecule has 3 aliphatic rings. The maximum absolute atomic E-state index is 12.8. The Balaban J connectivity index is 1.37. The lowest BCUT2D eigenvalue weighted by Crippen LogP contribution is -2.45. The number of nitro groups is 1. The van der Waals surface area contributed by atoms with Crippen LogP contribution in [-0.4, -0.2) is 53.3 Å². The fourth-order valence-corrected chi connectivity index (χ4v) is 5.26. The summed E-state index contributed by atoms with van der Waals surface area (Å²) in [4.78, 5) is 61.8. The fourth-order valence-electron chi connectivity index (χ4n) is 5.26. The standard InChI is InChI=1S/C21H23N3O8/c1-10(23-19(26)17-11-3-4-12(7-11)18(17)20(23)27)21(28)32-9-16(25)22-14-8-13(31-2)5-6-15(14)24(29)30/h5-6,8,10-12,17-18H,3-4,7,9H2,1-2H3,(H,22,25)/t10-,11-,12-,17-,18-/m0/s1. The number of rotatable bonds is 7. The Morgan fingerprint density at radius 2 is 1.84 bits per heavy atom. The van der Waals surface area contributed by atoms with Crippen LogP contribution in [0.2, 0.25) is 0 Å². The van der Waals surface area contributed by atoms with E-state index in [4.69, 9.17) is 9.47 Å². The van der Waals surface area contributed by atoms with Gasteiger partial charge in [-0.3, -0.25) is 29.4 Å². The van der Waals surface area contributed by atoms with Gasteiger partial charge in [0, 0.05) is 12.1 Å². The predicted molar refractivity (Wildman–Crippen MR) is 108 cm³/mol. The molecule has 1 heterocycles. The van der Waals surface area contributed by atoms with Crippen molar-refractivity contribution in [2.45, 2.75) is 32.2 Å². The molecular weight excluding hydrogens is 422 g/mol. The molecule has 2 saturated carbocycles. The maximum Gasteiger partial charge on any atom is 0.329 e. The third kappa shape index (κ3) is 3.57. The lowest BCUT2D eigenvalue weighted by atomic mass is 9.81. The molecule has 1 N–H and O–H groups in total. The largest absolute Gasteiger partial charge is 0.497 e. The number of fused-ring (bicyclic) bond motifs is 5. The summed E-state index contributed by atoms with van der Waals surface area (Å²) in [5.74, 6) is -2.41. The highest BCUT2D eigenvalue weighted by molar-refractivity contribution is 6.08. The number of esters is 1. The Labute approximate surface area is 183 Å². The highest BCUT2D eigenvalue weighted by Gasteiger charge is 2.62. The van der Waals surface area contributed by atoms with Crippen molar-refractivity contribution in [1.29, 1.82) is 0 Å². The van der Waals surface area contributed by atoms with Crippen LogP contribution in [-0.2, 0) is 23.9 Å². The molecule has 3 amide bonds. The van der Waals surface area contributed by atoms with Gasteiger partial charge in [0.05, 0.1) is 23.9 Å². The van der Waals surface area contributed by atoms with Gasteiger partial charge in [-0.05, 0) is 44.1 Å². The Morgan fingerprint density at radius 1 is 1.22 bits per heavy atom. The highest BCUT2D eigenvalue weighted by atomic mass is 16.6. The molecule has 2 aliphatic carbocycles. The minimum atomic E-state index is -1.15. The van der Waals surface area contributed by atoms with Crippen molar-refractivity contribution >= 4 is 35.1 Å². The molecule has 1 aromatic carbocycles. The predicted octanol–water partition coefficient (Wildman–Crippen LogP) is 1.50. The minimum absolute atomic E-state index is 0.114. The van der Waals surface area contributed by atoms with E-state index in [1.807, 2.05) is 0 Å². The van der Waals surface area contributed by atoms with Crippen molar-refractivity contribution in [1.82, 2.24) is 4.90 Å². The minimum Gasteiger partial charge on any atom is -0.497 e. The molecule has 1 aromatic rings. The van der Waals surface area contributed by atoms with Crippen LogP contribution in [0.1, 0.15) is 26.2 Å². The van der Waals surface area contributed by atoms with Gasteiger partial charge in [0.15, 0.2) is 6.61 Å². The van der Waals surface area contributed by atoms with Gasteiger partial charge in [-0.15, -0.1) is 0 Å². The molecule has 11 nitrogen and oxygen atoms in total. The van der Waals surface area contributed by atoms with Crippen molar-refractivity contribution in [2.24, 2.45) is 23.7 Å². The van der Waals surface area contributed by atoms with Crippen LogP contribution in [0.5, 0.6) is 5.75 Å². The number of anilines is 1. The first-order chi connectivity index (χ1) is 15.2. The number of likely N-dealkylation sites (tertiary alicyclic amines) is 1. The first kappa shape index (κ1) is 21.7. The molecule has 0 unspecified atom stereocenters. The van der Waals surface area contributed by atoms with Crippen molar-refractivity contribution < 1.29 is 33.6 Å². The van der Waals surface area contributed by atoms with Gasteiger partial charge in [0.2, 0.25) is 11.8 Å². The number of benzene rings is 1. The van der Waals surface area contributed by atoms with Gasteiger partial charge in [-0.25, -0.2) is 4.79 Å². The molecule has 32 heavy (non-hydrogen) atoms. The maximum atomic E-state index is 12.8. The molecule has 4 rings (SSSR count). The van der Waals surface area contributed by atoms with Gasteiger partial charge < -0.3 is 14.8 Å². The fraction of sp³-hybridized carbons (Fsp3) is 0.524. The SMILES string of the molecule is COc1ccc([N+](=O)[O-])c(NC(=O)COC(=O)[C@H](C)N2C(=O)[C@H]3[C@H]4CC[C@@H](C4)[C@@H]3C2=O)c1. The average molecular weight is 445 g/mol. The molecular formula is C21H23N3O8. The van der Waals surface area contributed by atoms with Crippen molar-refractivity contribution in [3.05, 3.63) is 28.3 Å². The quantitative estimate of drug-likeness (QED) is 0.288. The van der Waals surface area contributed by atoms with Gasteiger partial charge >= 0.3 is 5.97 Å². The molecule has 11 heteroatoms. The van der Waals surface area contributed by atoms with E-state index in [1.54, 1.807) is 0 Å². The summed E-state index contributed by atoms with van der Waals surface area (Å²) in [6.07, 6.45) is 2.73. The number of amides is 3. The number of nitrogens with zero attached hydrogens (tertiary/aromatic N) is 2. The molecule has 0 radical (unpaired) electrons. The summed E-state index contributed by atoms with van der Waals surface area (Å²) in [7, 11) is 1.37. The van der Waals surface area contributed by atoms with E-state index in [0.29, 0.717) is 5.75 Å². The average Bonchev–Trinajstić information content (AvgIpc) is 3.45. The first-order valence-corrected chi connectivity index (χ1v) is 10.4. The molecule has 1 aliphatic heterocycles.